The Labute approximate surface area is 91.0 Å². The van der Waals surface area contributed by atoms with Crippen LogP contribution < -0.4 is 5.32 Å². The predicted molar refractivity (Wildman–Crippen MR) is 57.9 cm³/mol. The number of thioether (sulfide) groups is 1. The molecule has 3 rings (SSSR count). The second kappa shape index (κ2) is 2.67. The number of fused-ring (bicyclic) bond motifs is 1. The fourth-order valence-corrected chi connectivity index (χ4v) is 3.20. The van der Waals surface area contributed by atoms with E-state index in [1.54, 1.807) is 17.8 Å². The Balaban J connectivity index is 2.11. The number of carbonyl (C=O) groups excluding carboxylic acids is 1. The first-order valence-corrected chi connectivity index (χ1v) is 5.70. The number of carbonyl (C=O) groups is 1. The number of benzene rings is 1. The summed E-state index contributed by atoms with van der Waals surface area (Å²) in [5.74, 6) is 0.114. The first-order valence-electron chi connectivity index (χ1n) is 4.50. The summed E-state index contributed by atoms with van der Waals surface area (Å²) >= 11 is 7.64. The van der Waals surface area contributed by atoms with E-state index in [0.29, 0.717) is 5.02 Å². The van der Waals surface area contributed by atoms with Crippen molar-refractivity contribution in [3.63, 3.8) is 0 Å². The minimum Gasteiger partial charge on any atom is -0.323 e. The lowest BCUT2D eigenvalue weighted by atomic mass is 10.3. The monoisotopic (exact) mass is 225 g/mol. The first-order chi connectivity index (χ1) is 6.71. The van der Waals surface area contributed by atoms with Gasteiger partial charge in [0.15, 0.2) is 0 Å². The maximum absolute atomic E-state index is 11.7. The molecule has 0 unspecified atom stereocenters. The summed E-state index contributed by atoms with van der Waals surface area (Å²) in [6.45, 7) is 0. The van der Waals surface area contributed by atoms with Crippen LogP contribution >= 0.6 is 23.4 Å². The van der Waals surface area contributed by atoms with Gasteiger partial charge in [0.2, 0.25) is 5.91 Å². The van der Waals surface area contributed by atoms with Crippen LogP contribution in [0, 0.1) is 0 Å². The molecule has 72 valence electrons. The zero-order valence-electron chi connectivity index (χ0n) is 7.34. The molecule has 0 radical (unpaired) electrons. The second-order valence-electron chi connectivity index (χ2n) is 3.66. The molecule has 2 aliphatic rings. The first kappa shape index (κ1) is 8.62. The molecule has 1 aliphatic carbocycles. The summed E-state index contributed by atoms with van der Waals surface area (Å²) in [6.07, 6.45) is 1.96. The highest BCUT2D eigenvalue weighted by Crippen LogP contribution is 2.57. The Morgan fingerprint density at radius 3 is 2.93 bits per heavy atom. The quantitative estimate of drug-likeness (QED) is 0.736. The van der Waals surface area contributed by atoms with Gasteiger partial charge in [0.25, 0.3) is 0 Å². The SMILES string of the molecule is O=C1Nc2c(Cl)cccc2SC12CC2. The topological polar surface area (TPSA) is 29.1 Å². The summed E-state index contributed by atoms with van der Waals surface area (Å²) in [4.78, 5) is 12.8. The molecule has 2 nitrogen and oxygen atoms in total. The molecule has 1 amide bonds. The van der Waals surface area contributed by atoms with E-state index in [1.165, 1.54) is 0 Å². The largest absolute Gasteiger partial charge is 0.323 e. The standard InChI is InChI=1S/C10H8ClNOS/c11-6-2-1-3-7-8(6)12-9(13)10(14-7)4-5-10/h1-3H,4-5H2,(H,12,13). The highest BCUT2D eigenvalue weighted by molar-refractivity contribution is 8.02. The molecule has 14 heavy (non-hydrogen) atoms. The fourth-order valence-electron chi connectivity index (χ4n) is 1.64. The molecule has 1 spiro atoms. The Morgan fingerprint density at radius 1 is 1.43 bits per heavy atom. The van der Waals surface area contributed by atoms with Gasteiger partial charge in [-0.25, -0.2) is 0 Å². The average Bonchev–Trinajstić information content (AvgIpc) is 2.91. The molecular formula is C10H8ClNOS. The van der Waals surface area contributed by atoms with E-state index in [9.17, 15) is 4.79 Å². The molecule has 1 aromatic carbocycles. The summed E-state index contributed by atoms with van der Waals surface area (Å²) in [5.41, 5.74) is 0.779. The molecule has 0 bridgehead atoms. The van der Waals surface area contributed by atoms with Crippen molar-refractivity contribution >= 4 is 35.0 Å². The Hall–Kier alpha value is -0.670. The summed E-state index contributed by atoms with van der Waals surface area (Å²) in [6, 6.07) is 5.72. The molecule has 1 N–H and O–H groups in total. The molecule has 0 aromatic heterocycles. The molecule has 0 atom stereocenters. The minimum atomic E-state index is -0.169. The summed E-state index contributed by atoms with van der Waals surface area (Å²) in [5, 5.41) is 3.51. The Kier molecular flexibility index (Phi) is 1.65. The Morgan fingerprint density at radius 2 is 2.21 bits per heavy atom. The number of hydrogen-bond acceptors (Lipinski definition) is 2. The van der Waals surface area contributed by atoms with E-state index in [1.807, 2.05) is 12.1 Å². The predicted octanol–water partition coefficient (Wildman–Crippen LogP) is 2.92. The van der Waals surface area contributed by atoms with E-state index in [4.69, 9.17) is 11.6 Å². The van der Waals surface area contributed by atoms with Crippen molar-refractivity contribution in [1.82, 2.24) is 0 Å². The number of rotatable bonds is 0. The van der Waals surface area contributed by atoms with Gasteiger partial charge in [-0.2, -0.15) is 0 Å². The number of amides is 1. The van der Waals surface area contributed by atoms with Gasteiger partial charge in [0.1, 0.15) is 0 Å². The lowest BCUT2D eigenvalue weighted by molar-refractivity contribution is -0.116. The zero-order valence-corrected chi connectivity index (χ0v) is 8.91. The molecular weight excluding hydrogens is 218 g/mol. The molecule has 4 heteroatoms. The molecule has 1 aliphatic heterocycles. The van der Waals surface area contributed by atoms with Gasteiger partial charge in [0, 0.05) is 4.90 Å². The van der Waals surface area contributed by atoms with Crippen LogP contribution in [0.1, 0.15) is 12.8 Å². The zero-order chi connectivity index (χ0) is 9.76. The van der Waals surface area contributed by atoms with Crippen LogP contribution in [0.2, 0.25) is 5.02 Å². The van der Waals surface area contributed by atoms with Crippen molar-refractivity contribution in [3.8, 4) is 0 Å². The van der Waals surface area contributed by atoms with Crippen LogP contribution in [0.25, 0.3) is 0 Å². The van der Waals surface area contributed by atoms with Gasteiger partial charge in [-0.3, -0.25) is 4.79 Å². The van der Waals surface area contributed by atoms with Gasteiger partial charge in [-0.05, 0) is 25.0 Å². The van der Waals surface area contributed by atoms with Crippen molar-refractivity contribution in [2.45, 2.75) is 22.5 Å². The van der Waals surface area contributed by atoms with Crippen LogP contribution in [0.4, 0.5) is 5.69 Å². The van der Waals surface area contributed by atoms with E-state index < -0.39 is 0 Å². The summed E-state index contributed by atoms with van der Waals surface area (Å²) < 4.78 is -0.169. The third-order valence-electron chi connectivity index (χ3n) is 2.64. The van der Waals surface area contributed by atoms with E-state index in [0.717, 1.165) is 23.4 Å². The number of hydrogen-bond donors (Lipinski definition) is 1. The maximum atomic E-state index is 11.7. The Bertz CT molecular complexity index is 428. The van der Waals surface area contributed by atoms with Gasteiger partial charge >= 0.3 is 0 Å². The molecule has 1 aromatic rings. The van der Waals surface area contributed by atoms with Crippen molar-refractivity contribution in [2.75, 3.05) is 5.32 Å². The van der Waals surface area contributed by atoms with Crippen molar-refractivity contribution < 1.29 is 4.79 Å². The molecule has 0 saturated heterocycles. The average molecular weight is 226 g/mol. The van der Waals surface area contributed by atoms with Gasteiger partial charge in [-0.1, -0.05) is 17.7 Å². The van der Waals surface area contributed by atoms with Crippen molar-refractivity contribution in [3.05, 3.63) is 23.2 Å². The minimum absolute atomic E-state index is 0.114. The van der Waals surface area contributed by atoms with E-state index in [-0.39, 0.29) is 10.7 Å². The van der Waals surface area contributed by atoms with Crippen LogP contribution in [0.5, 0.6) is 0 Å². The van der Waals surface area contributed by atoms with Gasteiger partial charge in [-0.15, -0.1) is 11.8 Å². The number of anilines is 1. The number of halogens is 1. The van der Waals surface area contributed by atoms with Crippen LogP contribution in [-0.4, -0.2) is 10.7 Å². The lowest BCUT2D eigenvalue weighted by Crippen LogP contribution is -2.30. The number of nitrogens with one attached hydrogen (secondary N) is 1. The smallest absolute Gasteiger partial charge is 0.241 e. The second-order valence-corrected chi connectivity index (χ2v) is 5.50. The van der Waals surface area contributed by atoms with Crippen LogP contribution in [-0.2, 0) is 4.79 Å². The normalized spacial score (nSPS) is 21.6. The van der Waals surface area contributed by atoms with Crippen molar-refractivity contribution in [2.24, 2.45) is 0 Å². The highest BCUT2D eigenvalue weighted by Gasteiger charge is 2.53. The third-order valence-corrected chi connectivity index (χ3v) is 4.50. The molecule has 1 heterocycles. The highest BCUT2D eigenvalue weighted by atomic mass is 35.5. The van der Waals surface area contributed by atoms with Gasteiger partial charge < -0.3 is 5.32 Å². The molecule has 1 fully saturated rings. The maximum Gasteiger partial charge on any atom is 0.241 e. The third kappa shape index (κ3) is 1.09. The lowest BCUT2D eigenvalue weighted by Gasteiger charge is -2.24. The van der Waals surface area contributed by atoms with Crippen LogP contribution in [0.3, 0.4) is 0 Å². The summed E-state index contributed by atoms with van der Waals surface area (Å²) in [7, 11) is 0. The number of para-hydroxylation sites is 1. The van der Waals surface area contributed by atoms with Crippen LogP contribution in [0.15, 0.2) is 23.1 Å². The van der Waals surface area contributed by atoms with E-state index in [2.05, 4.69) is 5.32 Å². The van der Waals surface area contributed by atoms with Crippen molar-refractivity contribution in [1.29, 1.82) is 0 Å². The van der Waals surface area contributed by atoms with Gasteiger partial charge in [0.05, 0.1) is 15.5 Å². The molecule has 1 saturated carbocycles. The fraction of sp³-hybridized carbons (Fsp3) is 0.300. The van der Waals surface area contributed by atoms with E-state index >= 15 is 0 Å².